The number of halogens is 2. The zero-order valence-electron chi connectivity index (χ0n) is 17.3. The molecule has 1 aliphatic rings. The molecule has 5 atom stereocenters. The highest BCUT2D eigenvalue weighted by atomic mass is 79.9. The van der Waals surface area contributed by atoms with Crippen LogP contribution in [0.4, 0.5) is 0 Å². The van der Waals surface area contributed by atoms with E-state index in [0.717, 1.165) is 16.7 Å². The maximum atomic E-state index is 11.9. The van der Waals surface area contributed by atoms with Gasteiger partial charge in [0.2, 0.25) is 0 Å². The van der Waals surface area contributed by atoms with Gasteiger partial charge >= 0.3 is 17.9 Å². The van der Waals surface area contributed by atoms with Crippen molar-refractivity contribution in [3.05, 3.63) is 33.8 Å². The van der Waals surface area contributed by atoms with Gasteiger partial charge < -0.3 is 18.9 Å². The smallest absolute Gasteiger partial charge is 0.303 e. The number of thioether (sulfide) groups is 1. The van der Waals surface area contributed by atoms with Crippen LogP contribution in [0.1, 0.15) is 43.6 Å². The molecular formula is C20H24BrClO7S. The number of alkyl halides is 1. The van der Waals surface area contributed by atoms with E-state index in [1.807, 2.05) is 6.92 Å². The van der Waals surface area contributed by atoms with Gasteiger partial charge in [0.25, 0.3) is 0 Å². The Morgan fingerprint density at radius 3 is 2.07 bits per heavy atom. The van der Waals surface area contributed by atoms with Crippen molar-refractivity contribution in [1.29, 1.82) is 0 Å². The predicted octanol–water partition coefficient (Wildman–Crippen LogP) is 4.10. The molecule has 7 nitrogen and oxygen atoms in total. The maximum Gasteiger partial charge on any atom is 0.303 e. The first-order valence-electron chi connectivity index (χ1n) is 9.14. The van der Waals surface area contributed by atoms with Gasteiger partial charge in [0.05, 0.1) is 0 Å². The number of carbonyl (C=O) groups is 3. The lowest BCUT2D eigenvalue weighted by atomic mass is 9.90. The summed E-state index contributed by atoms with van der Waals surface area (Å²) in [5.74, 6) is -1.74. The van der Waals surface area contributed by atoms with Crippen molar-refractivity contribution in [3.8, 4) is 0 Å². The van der Waals surface area contributed by atoms with Crippen molar-refractivity contribution in [2.45, 2.75) is 62.9 Å². The Morgan fingerprint density at radius 1 is 1.03 bits per heavy atom. The van der Waals surface area contributed by atoms with Crippen LogP contribution in [0.3, 0.4) is 0 Å². The highest BCUT2D eigenvalue weighted by Gasteiger charge is 2.52. The molecular weight excluding hydrogens is 500 g/mol. The van der Waals surface area contributed by atoms with E-state index >= 15 is 0 Å². The Balaban J connectivity index is 2.62. The standard InChI is InChI=1S/C20H24BrClO7S/c1-9-13(6-7-15(22)14(9)8-21)16-17(26-10(2)23)18(27-11(3)24)19(28-12(4)25)20(29-16)30-5/h6-7,16-20H,8H2,1-5H3/t16-,17-,18+,19-,20+/m0/s1. The molecule has 0 N–H and O–H groups in total. The summed E-state index contributed by atoms with van der Waals surface area (Å²) in [5, 5.41) is 1.11. The molecule has 0 unspecified atom stereocenters. The molecule has 0 bridgehead atoms. The topological polar surface area (TPSA) is 88.1 Å². The second-order valence-corrected chi connectivity index (χ2v) is 8.66. The van der Waals surface area contributed by atoms with Crippen molar-refractivity contribution in [2.24, 2.45) is 0 Å². The van der Waals surface area contributed by atoms with Crippen LogP contribution in [-0.2, 0) is 38.7 Å². The molecule has 1 aliphatic heterocycles. The molecule has 166 valence electrons. The normalized spacial score (nSPS) is 26.0. The lowest BCUT2D eigenvalue weighted by Gasteiger charge is -2.44. The second-order valence-electron chi connectivity index (χ2n) is 6.76. The molecule has 1 fully saturated rings. The first kappa shape index (κ1) is 25.0. The molecule has 2 rings (SSSR count). The van der Waals surface area contributed by atoms with Gasteiger partial charge in [-0.05, 0) is 35.9 Å². The number of rotatable bonds is 6. The fourth-order valence-electron chi connectivity index (χ4n) is 3.43. The van der Waals surface area contributed by atoms with Crippen LogP contribution in [-0.4, -0.2) is 47.9 Å². The Bertz CT molecular complexity index is 819. The van der Waals surface area contributed by atoms with E-state index in [1.165, 1.54) is 32.5 Å². The van der Waals surface area contributed by atoms with Crippen LogP contribution in [0.5, 0.6) is 0 Å². The second kappa shape index (κ2) is 10.8. The molecule has 1 aromatic carbocycles. The van der Waals surface area contributed by atoms with Gasteiger partial charge in [-0.2, -0.15) is 0 Å². The number of hydrogen-bond acceptors (Lipinski definition) is 8. The lowest BCUT2D eigenvalue weighted by Crippen LogP contribution is -2.57. The third-order valence-electron chi connectivity index (χ3n) is 4.66. The maximum absolute atomic E-state index is 11.9. The van der Waals surface area contributed by atoms with Crippen LogP contribution in [0.25, 0.3) is 0 Å². The molecule has 1 heterocycles. The summed E-state index contributed by atoms with van der Waals surface area (Å²) in [7, 11) is 0. The number of carbonyl (C=O) groups excluding carboxylic acids is 3. The number of ether oxygens (including phenoxy) is 4. The molecule has 30 heavy (non-hydrogen) atoms. The highest BCUT2D eigenvalue weighted by Crippen LogP contribution is 2.42. The Labute approximate surface area is 193 Å². The van der Waals surface area contributed by atoms with Gasteiger partial charge in [-0.15, -0.1) is 11.8 Å². The minimum Gasteiger partial charge on any atom is -0.455 e. The van der Waals surface area contributed by atoms with Crippen LogP contribution >= 0.6 is 39.3 Å². The molecule has 0 saturated carbocycles. The minimum atomic E-state index is -1.05. The van der Waals surface area contributed by atoms with E-state index in [1.54, 1.807) is 18.4 Å². The van der Waals surface area contributed by atoms with E-state index in [0.29, 0.717) is 10.4 Å². The van der Waals surface area contributed by atoms with E-state index in [2.05, 4.69) is 15.9 Å². The number of esters is 3. The van der Waals surface area contributed by atoms with Gasteiger partial charge in [0.15, 0.2) is 18.3 Å². The van der Waals surface area contributed by atoms with Gasteiger partial charge in [0.1, 0.15) is 11.5 Å². The zero-order chi connectivity index (χ0) is 22.6. The summed E-state index contributed by atoms with van der Waals surface area (Å²) in [6.07, 6.45) is -2.01. The third kappa shape index (κ3) is 5.69. The summed E-state index contributed by atoms with van der Waals surface area (Å²) < 4.78 is 22.7. The Hall–Kier alpha value is -1.29. The van der Waals surface area contributed by atoms with E-state index < -0.39 is 47.8 Å². The summed E-state index contributed by atoms with van der Waals surface area (Å²) >= 11 is 11.0. The van der Waals surface area contributed by atoms with Gasteiger partial charge in [0, 0.05) is 31.1 Å². The number of hydrogen-bond donors (Lipinski definition) is 0. The number of benzene rings is 1. The summed E-state index contributed by atoms with van der Waals surface area (Å²) in [6, 6.07) is 3.53. The highest BCUT2D eigenvalue weighted by molar-refractivity contribution is 9.08. The fourth-order valence-corrected chi connectivity index (χ4v) is 5.29. The van der Waals surface area contributed by atoms with Crippen LogP contribution < -0.4 is 0 Å². The SMILES string of the molecule is CS[C@H]1O[C@@H](c2ccc(Cl)c(CBr)c2C)[C@H](OC(C)=O)[C@@H](OC(C)=O)[C@@H]1OC(C)=O. The van der Waals surface area contributed by atoms with E-state index in [-0.39, 0.29) is 0 Å². The molecule has 1 aromatic rings. The molecule has 0 radical (unpaired) electrons. The average molecular weight is 524 g/mol. The van der Waals surface area contributed by atoms with Crippen LogP contribution in [0.2, 0.25) is 5.02 Å². The van der Waals surface area contributed by atoms with Crippen LogP contribution in [0.15, 0.2) is 12.1 Å². The third-order valence-corrected chi connectivity index (χ3v) is 6.42. The molecule has 0 amide bonds. The van der Waals surface area contributed by atoms with Gasteiger partial charge in [-0.1, -0.05) is 33.6 Å². The van der Waals surface area contributed by atoms with Crippen molar-refractivity contribution < 1.29 is 33.3 Å². The summed E-state index contributed by atoms with van der Waals surface area (Å²) in [6.45, 7) is 5.63. The first-order valence-corrected chi connectivity index (χ1v) is 11.9. The van der Waals surface area contributed by atoms with Crippen molar-refractivity contribution in [3.63, 3.8) is 0 Å². The van der Waals surface area contributed by atoms with Crippen LogP contribution in [0, 0.1) is 6.92 Å². The largest absolute Gasteiger partial charge is 0.455 e. The fraction of sp³-hybridized carbons (Fsp3) is 0.550. The molecule has 0 aromatic heterocycles. The Morgan fingerprint density at radius 2 is 1.57 bits per heavy atom. The summed E-state index contributed by atoms with van der Waals surface area (Å²) in [4.78, 5) is 35.5. The van der Waals surface area contributed by atoms with Crippen molar-refractivity contribution >= 4 is 57.2 Å². The first-order chi connectivity index (χ1) is 14.1. The average Bonchev–Trinajstić information content (AvgIpc) is 2.64. The quantitative estimate of drug-likeness (QED) is 0.313. The zero-order valence-corrected chi connectivity index (χ0v) is 20.4. The van der Waals surface area contributed by atoms with E-state index in [9.17, 15) is 14.4 Å². The Kier molecular flexibility index (Phi) is 9.02. The van der Waals surface area contributed by atoms with E-state index in [4.69, 9.17) is 30.5 Å². The van der Waals surface area contributed by atoms with Crippen molar-refractivity contribution in [1.82, 2.24) is 0 Å². The minimum absolute atomic E-state index is 0.520. The molecule has 0 spiro atoms. The lowest BCUT2D eigenvalue weighted by molar-refractivity contribution is -0.233. The predicted molar refractivity (Wildman–Crippen MR) is 117 cm³/mol. The monoisotopic (exact) mass is 522 g/mol. The van der Waals surface area contributed by atoms with Gasteiger partial charge in [-0.25, -0.2) is 0 Å². The molecule has 0 aliphatic carbocycles. The van der Waals surface area contributed by atoms with Crippen molar-refractivity contribution in [2.75, 3.05) is 6.26 Å². The van der Waals surface area contributed by atoms with Gasteiger partial charge in [-0.3, -0.25) is 14.4 Å². The summed E-state index contributed by atoms with van der Waals surface area (Å²) in [5.41, 5.74) is 1.80. The molecule has 10 heteroatoms. The molecule has 1 saturated heterocycles.